The molecular formula is C20H30N4O. The van der Waals surface area contributed by atoms with Gasteiger partial charge < -0.3 is 10.2 Å². The highest BCUT2D eigenvalue weighted by molar-refractivity contribution is 6.05. The molecule has 0 atom stereocenters. The fourth-order valence-electron chi connectivity index (χ4n) is 3.17. The molecule has 0 spiro atoms. The first kappa shape index (κ1) is 19.2. The van der Waals surface area contributed by atoms with Gasteiger partial charge in [-0.15, -0.1) is 0 Å². The van der Waals surface area contributed by atoms with Crippen molar-refractivity contribution in [3.8, 4) is 0 Å². The summed E-state index contributed by atoms with van der Waals surface area (Å²) in [7, 11) is 4.09. The topological polar surface area (TPSA) is 50.2 Å². The van der Waals surface area contributed by atoms with Crippen molar-refractivity contribution in [1.82, 2.24) is 14.7 Å². The molecule has 136 valence electrons. The van der Waals surface area contributed by atoms with Crippen molar-refractivity contribution in [3.63, 3.8) is 0 Å². The maximum atomic E-state index is 12.7. The van der Waals surface area contributed by atoms with E-state index >= 15 is 0 Å². The summed E-state index contributed by atoms with van der Waals surface area (Å²) in [6.07, 6.45) is 3.69. The van der Waals surface area contributed by atoms with E-state index in [1.807, 2.05) is 38.7 Å². The second-order valence-corrected chi connectivity index (χ2v) is 6.90. The molecule has 5 heteroatoms. The molecule has 1 aromatic carbocycles. The van der Waals surface area contributed by atoms with Crippen molar-refractivity contribution >= 4 is 11.6 Å². The number of hydrogen-bond donors (Lipinski definition) is 1. The Balaban J connectivity index is 2.17. The summed E-state index contributed by atoms with van der Waals surface area (Å²) in [5.41, 5.74) is 4.72. The van der Waals surface area contributed by atoms with Gasteiger partial charge >= 0.3 is 0 Å². The lowest BCUT2D eigenvalue weighted by Gasteiger charge is -2.16. The van der Waals surface area contributed by atoms with Crippen molar-refractivity contribution < 1.29 is 4.79 Å². The van der Waals surface area contributed by atoms with Gasteiger partial charge in [0.05, 0.1) is 17.8 Å². The lowest BCUT2D eigenvalue weighted by Crippen LogP contribution is -2.16. The maximum absolute atomic E-state index is 12.7. The van der Waals surface area contributed by atoms with Gasteiger partial charge in [-0.2, -0.15) is 5.10 Å². The third-order valence-electron chi connectivity index (χ3n) is 4.62. The highest BCUT2D eigenvalue weighted by atomic mass is 16.1. The van der Waals surface area contributed by atoms with Crippen LogP contribution in [0.4, 0.5) is 5.69 Å². The van der Waals surface area contributed by atoms with Gasteiger partial charge in [0.25, 0.3) is 5.91 Å². The van der Waals surface area contributed by atoms with Gasteiger partial charge in [0.1, 0.15) is 0 Å². The molecule has 0 radical (unpaired) electrons. The number of carbonyl (C=O) groups is 1. The quantitative estimate of drug-likeness (QED) is 0.821. The minimum absolute atomic E-state index is 0.0989. The highest BCUT2D eigenvalue weighted by Gasteiger charge is 2.18. The molecule has 0 aliphatic carbocycles. The Morgan fingerprint density at radius 3 is 2.48 bits per heavy atom. The summed E-state index contributed by atoms with van der Waals surface area (Å²) in [4.78, 5) is 14.8. The Hall–Kier alpha value is -2.14. The molecule has 0 unspecified atom stereocenters. The van der Waals surface area contributed by atoms with Gasteiger partial charge in [-0.3, -0.25) is 9.48 Å². The van der Waals surface area contributed by atoms with Crippen molar-refractivity contribution in [2.24, 2.45) is 0 Å². The van der Waals surface area contributed by atoms with Crippen LogP contribution in [0.15, 0.2) is 24.4 Å². The number of nitrogens with zero attached hydrogens (tertiary/aromatic N) is 3. The minimum Gasteiger partial charge on any atom is -0.322 e. The molecule has 1 aromatic heterocycles. The number of rotatable bonds is 7. The molecule has 0 fully saturated rings. The van der Waals surface area contributed by atoms with Gasteiger partial charge in [-0.25, -0.2) is 0 Å². The molecule has 25 heavy (non-hydrogen) atoms. The summed E-state index contributed by atoms with van der Waals surface area (Å²) >= 11 is 0. The van der Waals surface area contributed by atoms with Gasteiger partial charge in [-0.1, -0.05) is 26.0 Å². The van der Waals surface area contributed by atoms with Crippen LogP contribution < -0.4 is 5.32 Å². The van der Waals surface area contributed by atoms with E-state index < -0.39 is 0 Å². The van der Waals surface area contributed by atoms with Crippen LogP contribution >= 0.6 is 0 Å². The minimum atomic E-state index is -0.0989. The van der Waals surface area contributed by atoms with Crippen LogP contribution in [-0.4, -0.2) is 34.7 Å². The van der Waals surface area contributed by atoms with Crippen molar-refractivity contribution in [2.45, 2.75) is 53.1 Å². The number of carbonyl (C=O) groups excluding carboxylic acids is 1. The van der Waals surface area contributed by atoms with E-state index in [-0.39, 0.29) is 5.91 Å². The lowest BCUT2D eigenvalue weighted by atomic mass is 10.1. The van der Waals surface area contributed by atoms with E-state index in [0.29, 0.717) is 11.6 Å². The molecule has 1 amide bonds. The highest BCUT2D eigenvalue weighted by Crippen LogP contribution is 2.22. The zero-order chi connectivity index (χ0) is 18.6. The standard InChI is InChI=1S/C20H30N4O/c1-7-17(8-2)24-15(4)18(12-21-24)20(25)22-19-10-9-16(11-14(19)3)13-23(5)6/h9-12,17H,7-8,13H2,1-6H3,(H,22,25). The summed E-state index contributed by atoms with van der Waals surface area (Å²) in [6, 6.07) is 6.50. The third-order valence-corrected chi connectivity index (χ3v) is 4.62. The molecule has 2 aromatic rings. The Morgan fingerprint density at radius 1 is 1.24 bits per heavy atom. The molecule has 1 heterocycles. The third kappa shape index (κ3) is 4.48. The monoisotopic (exact) mass is 342 g/mol. The lowest BCUT2D eigenvalue weighted by molar-refractivity contribution is 0.102. The van der Waals surface area contributed by atoms with E-state index in [2.05, 4.69) is 41.3 Å². The Bertz CT molecular complexity index is 729. The molecule has 0 saturated carbocycles. The molecule has 1 N–H and O–H groups in total. The van der Waals surface area contributed by atoms with Crippen molar-refractivity contribution in [3.05, 3.63) is 46.8 Å². The molecule has 5 nitrogen and oxygen atoms in total. The molecular weight excluding hydrogens is 312 g/mol. The van der Waals surface area contributed by atoms with Gasteiger partial charge in [0, 0.05) is 17.9 Å². The van der Waals surface area contributed by atoms with E-state index in [1.54, 1.807) is 6.20 Å². The van der Waals surface area contributed by atoms with Gasteiger partial charge in [-0.05, 0) is 58.0 Å². The fourth-order valence-corrected chi connectivity index (χ4v) is 3.17. The number of hydrogen-bond acceptors (Lipinski definition) is 3. The first-order valence-electron chi connectivity index (χ1n) is 8.97. The molecule has 2 rings (SSSR count). The van der Waals surface area contributed by atoms with Crippen molar-refractivity contribution in [2.75, 3.05) is 19.4 Å². The first-order chi connectivity index (χ1) is 11.9. The van der Waals surface area contributed by atoms with Crippen LogP contribution in [-0.2, 0) is 6.54 Å². The second kappa shape index (κ2) is 8.30. The van der Waals surface area contributed by atoms with Crippen LogP contribution in [0.3, 0.4) is 0 Å². The largest absolute Gasteiger partial charge is 0.322 e. The average molecular weight is 342 g/mol. The van der Waals surface area contributed by atoms with Gasteiger partial charge in [0.2, 0.25) is 0 Å². The fraction of sp³-hybridized carbons (Fsp3) is 0.500. The van der Waals surface area contributed by atoms with Crippen molar-refractivity contribution in [1.29, 1.82) is 0 Å². The number of nitrogens with one attached hydrogen (secondary N) is 1. The Kier molecular flexibility index (Phi) is 6.37. The molecule has 0 aliphatic rings. The number of aryl methyl sites for hydroxylation is 1. The molecule has 0 bridgehead atoms. The van der Waals surface area contributed by atoms with E-state index in [1.165, 1.54) is 5.56 Å². The van der Waals surface area contributed by atoms with Crippen LogP contribution in [0.1, 0.15) is 59.9 Å². The summed E-state index contributed by atoms with van der Waals surface area (Å²) in [5, 5.41) is 7.47. The summed E-state index contributed by atoms with van der Waals surface area (Å²) in [6.45, 7) is 9.17. The van der Waals surface area contributed by atoms with E-state index in [0.717, 1.165) is 36.3 Å². The SMILES string of the molecule is CCC(CC)n1ncc(C(=O)Nc2ccc(CN(C)C)cc2C)c1C. The predicted octanol–water partition coefficient (Wildman–Crippen LogP) is 4.17. The van der Waals surface area contributed by atoms with Crippen LogP contribution in [0, 0.1) is 13.8 Å². The molecule has 0 aliphatic heterocycles. The van der Waals surface area contributed by atoms with Gasteiger partial charge in [0.15, 0.2) is 0 Å². The molecule has 0 saturated heterocycles. The Labute approximate surface area is 151 Å². The van der Waals surface area contributed by atoms with Crippen LogP contribution in [0.25, 0.3) is 0 Å². The second-order valence-electron chi connectivity index (χ2n) is 6.90. The average Bonchev–Trinajstić information content (AvgIpc) is 2.93. The maximum Gasteiger partial charge on any atom is 0.259 e. The summed E-state index contributed by atoms with van der Waals surface area (Å²) < 4.78 is 1.97. The van der Waals surface area contributed by atoms with Crippen LogP contribution in [0.5, 0.6) is 0 Å². The van der Waals surface area contributed by atoms with E-state index in [4.69, 9.17) is 0 Å². The summed E-state index contributed by atoms with van der Waals surface area (Å²) in [5.74, 6) is -0.0989. The van der Waals surface area contributed by atoms with E-state index in [9.17, 15) is 4.79 Å². The number of anilines is 1. The smallest absolute Gasteiger partial charge is 0.259 e. The van der Waals surface area contributed by atoms with Crippen LogP contribution in [0.2, 0.25) is 0 Å². The first-order valence-corrected chi connectivity index (χ1v) is 8.97. The Morgan fingerprint density at radius 2 is 1.92 bits per heavy atom. The number of benzene rings is 1. The normalized spacial score (nSPS) is 11.4. The number of amides is 1. The number of aromatic nitrogens is 2. The predicted molar refractivity (Wildman–Crippen MR) is 103 cm³/mol. The zero-order valence-electron chi connectivity index (χ0n) is 16.3. The zero-order valence-corrected chi connectivity index (χ0v) is 16.3.